The summed E-state index contributed by atoms with van der Waals surface area (Å²) in [5.74, 6) is 0.555. The van der Waals surface area contributed by atoms with Gasteiger partial charge in [0.05, 0.1) is 5.69 Å². The Morgan fingerprint density at radius 1 is 1.42 bits per heavy atom. The maximum atomic E-state index is 14.0. The molecule has 2 nitrogen and oxygen atoms in total. The molecule has 3 rings (SSSR count). The first-order chi connectivity index (χ1) is 9.08. The van der Waals surface area contributed by atoms with Gasteiger partial charge in [0.1, 0.15) is 5.82 Å². The van der Waals surface area contributed by atoms with Gasteiger partial charge in [0.15, 0.2) is 0 Å². The third-order valence-electron chi connectivity index (χ3n) is 4.38. The number of benzene rings is 1. The van der Waals surface area contributed by atoms with E-state index in [1.54, 1.807) is 12.1 Å². The third-order valence-corrected chi connectivity index (χ3v) is 4.62. The number of nitrogens with zero attached hydrogens (tertiary/aromatic N) is 1. The van der Waals surface area contributed by atoms with E-state index >= 15 is 0 Å². The Balaban J connectivity index is 1.88. The van der Waals surface area contributed by atoms with Crippen LogP contribution in [0.1, 0.15) is 26.2 Å². The summed E-state index contributed by atoms with van der Waals surface area (Å²) in [4.78, 5) is 2.15. The molecule has 1 aromatic rings. The second kappa shape index (κ2) is 4.95. The van der Waals surface area contributed by atoms with Gasteiger partial charge < -0.3 is 10.2 Å². The van der Waals surface area contributed by atoms with Crippen LogP contribution >= 0.6 is 11.6 Å². The van der Waals surface area contributed by atoms with Crippen molar-refractivity contribution in [3.05, 3.63) is 29.0 Å². The van der Waals surface area contributed by atoms with Crippen LogP contribution in [0.15, 0.2) is 18.2 Å². The molecule has 1 atom stereocenters. The number of anilines is 1. The molecule has 0 spiro atoms. The standard InChI is InChI=1S/C15H20ClFN2/c1-15(11-3-4-11)10-19(8-2-7-18-15)14-9-12(16)5-6-13(14)17/h5-6,9,11,18H,2-4,7-8,10H2,1H3. The van der Waals surface area contributed by atoms with Gasteiger partial charge in [-0.05, 0) is 56.8 Å². The summed E-state index contributed by atoms with van der Waals surface area (Å²) in [6, 6.07) is 4.82. The first-order valence-electron chi connectivity index (χ1n) is 7.03. The number of nitrogens with one attached hydrogen (secondary N) is 1. The SMILES string of the molecule is CC1(C2CC2)CN(c2cc(Cl)ccc2F)CCCN1. The van der Waals surface area contributed by atoms with Gasteiger partial charge in [-0.1, -0.05) is 11.6 Å². The molecule has 1 aromatic carbocycles. The van der Waals surface area contributed by atoms with Crippen LogP contribution in [0.2, 0.25) is 5.02 Å². The van der Waals surface area contributed by atoms with E-state index in [2.05, 4.69) is 17.1 Å². The van der Waals surface area contributed by atoms with E-state index in [1.165, 1.54) is 18.9 Å². The van der Waals surface area contributed by atoms with Crippen LogP contribution in [0, 0.1) is 11.7 Å². The number of hydrogen-bond donors (Lipinski definition) is 1. The second-order valence-electron chi connectivity index (χ2n) is 5.99. The van der Waals surface area contributed by atoms with Gasteiger partial charge in [-0.25, -0.2) is 4.39 Å². The lowest BCUT2D eigenvalue weighted by molar-refractivity contribution is 0.331. The van der Waals surface area contributed by atoms with E-state index in [-0.39, 0.29) is 11.4 Å². The van der Waals surface area contributed by atoms with E-state index in [0.717, 1.165) is 32.0 Å². The topological polar surface area (TPSA) is 15.3 Å². The zero-order valence-electron chi connectivity index (χ0n) is 11.3. The van der Waals surface area contributed by atoms with Gasteiger partial charge in [-0.15, -0.1) is 0 Å². The zero-order valence-corrected chi connectivity index (χ0v) is 12.0. The Kier molecular flexibility index (Phi) is 3.44. The number of hydrogen-bond acceptors (Lipinski definition) is 2. The predicted molar refractivity (Wildman–Crippen MR) is 77.4 cm³/mol. The van der Waals surface area contributed by atoms with E-state index in [0.29, 0.717) is 10.7 Å². The fourth-order valence-corrected chi connectivity index (χ4v) is 3.27. The molecule has 2 aliphatic rings. The van der Waals surface area contributed by atoms with E-state index < -0.39 is 0 Å². The Labute approximate surface area is 118 Å². The minimum absolute atomic E-state index is 0.102. The Morgan fingerprint density at radius 2 is 2.21 bits per heavy atom. The smallest absolute Gasteiger partial charge is 0.146 e. The van der Waals surface area contributed by atoms with Crippen LogP contribution in [0.5, 0.6) is 0 Å². The summed E-state index contributed by atoms with van der Waals surface area (Å²) in [6.07, 6.45) is 3.61. The third kappa shape index (κ3) is 2.72. The van der Waals surface area contributed by atoms with Crippen molar-refractivity contribution < 1.29 is 4.39 Å². The first-order valence-corrected chi connectivity index (χ1v) is 7.41. The minimum atomic E-state index is -0.176. The number of rotatable bonds is 2. The molecule has 2 fully saturated rings. The summed E-state index contributed by atoms with van der Waals surface area (Å²) in [6.45, 7) is 5.01. The highest BCUT2D eigenvalue weighted by Crippen LogP contribution is 2.41. The lowest BCUT2D eigenvalue weighted by atomic mass is 9.95. The average Bonchev–Trinajstić information content (AvgIpc) is 3.19. The van der Waals surface area contributed by atoms with Crippen molar-refractivity contribution in [3.63, 3.8) is 0 Å². The molecule has 0 amide bonds. The van der Waals surface area contributed by atoms with Crippen molar-refractivity contribution in [2.24, 2.45) is 5.92 Å². The molecule has 1 aliphatic carbocycles. The summed E-state index contributed by atoms with van der Waals surface area (Å²) in [5.41, 5.74) is 0.744. The van der Waals surface area contributed by atoms with Crippen molar-refractivity contribution in [1.82, 2.24) is 5.32 Å². The molecular formula is C15H20ClFN2. The first kappa shape index (κ1) is 13.2. The van der Waals surface area contributed by atoms with Crippen LogP contribution in [-0.2, 0) is 0 Å². The van der Waals surface area contributed by atoms with E-state index in [1.807, 2.05) is 0 Å². The molecule has 104 valence electrons. The van der Waals surface area contributed by atoms with Gasteiger partial charge in [0.2, 0.25) is 0 Å². The zero-order chi connectivity index (χ0) is 13.5. The molecule has 1 heterocycles. The monoisotopic (exact) mass is 282 g/mol. The van der Waals surface area contributed by atoms with Crippen molar-refractivity contribution >= 4 is 17.3 Å². The highest BCUT2D eigenvalue weighted by atomic mass is 35.5. The molecule has 0 radical (unpaired) electrons. The van der Waals surface area contributed by atoms with Gasteiger partial charge in [0, 0.05) is 23.7 Å². The highest BCUT2D eigenvalue weighted by molar-refractivity contribution is 6.30. The van der Waals surface area contributed by atoms with Crippen molar-refractivity contribution in [3.8, 4) is 0 Å². The van der Waals surface area contributed by atoms with Crippen LogP contribution in [0.25, 0.3) is 0 Å². The van der Waals surface area contributed by atoms with Gasteiger partial charge in [0.25, 0.3) is 0 Å². The Hall–Kier alpha value is -0.800. The molecule has 0 aromatic heterocycles. The van der Waals surface area contributed by atoms with Crippen molar-refractivity contribution in [1.29, 1.82) is 0 Å². The van der Waals surface area contributed by atoms with Crippen LogP contribution in [0.3, 0.4) is 0 Å². The number of halogens is 2. The van der Waals surface area contributed by atoms with Gasteiger partial charge in [-0.2, -0.15) is 0 Å². The molecule has 1 N–H and O–H groups in total. The summed E-state index contributed by atoms with van der Waals surface area (Å²) in [7, 11) is 0. The Bertz CT molecular complexity index is 475. The Morgan fingerprint density at radius 3 is 2.95 bits per heavy atom. The van der Waals surface area contributed by atoms with Crippen LogP contribution < -0.4 is 10.2 Å². The highest BCUT2D eigenvalue weighted by Gasteiger charge is 2.43. The predicted octanol–water partition coefficient (Wildman–Crippen LogP) is 3.45. The molecule has 0 bridgehead atoms. The molecule has 1 saturated heterocycles. The normalized spacial score (nSPS) is 28.3. The maximum absolute atomic E-state index is 14.0. The van der Waals surface area contributed by atoms with Gasteiger partial charge in [-0.3, -0.25) is 0 Å². The second-order valence-corrected chi connectivity index (χ2v) is 6.43. The van der Waals surface area contributed by atoms with Gasteiger partial charge >= 0.3 is 0 Å². The van der Waals surface area contributed by atoms with Crippen molar-refractivity contribution in [2.75, 3.05) is 24.5 Å². The van der Waals surface area contributed by atoms with E-state index in [4.69, 9.17) is 11.6 Å². The summed E-state index contributed by atoms with van der Waals surface area (Å²) >= 11 is 6.01. The summed E-state index contributed by atoms with van der Waals surface area (Å²) in [5, 5.41) is 4.26. The van der Waals surface area contributed by atoms with Crippen LogP contribution in [0.4, 0.5) is 10.1 Å². The van der Waals surface area contributed by atoms with E-state index in [9.17, 15) is 4.39 Å². The maximum Gasteiger partial charge on any atom is 0.146 e. The molecule has 1 saturated carbocycles. The lowest BCUT2D eigenvalue weighted by Gasteiger charge is -2.35. The average molecular weight is 283 g/mol. The molecule has 4 heteroatoms. The fourth-order valence-electron chi connectivity index (χ4n) is 3.10. The van der Waals surface area contributed by atoms with Crippen LogP contribution in [-0.4, -0.2) is 25.2 Å². The molecule has 1 unspecified atom stereocenters. The largest absolute Gasteiger partial charge is 0.367 e. The molecular weight excluding hydrogens is 263 g/mol. The summed E-state index contributed by atoms with van der Waals surface area (Å²) < 4.78 is 14.0. The molecule has 1 aliphatic heterocycles. The lowest BCUT2D eigenvalue weighted by Crippen LogP contribution is -2.51. The molecule has 19 heavy (non-hydrogen) atoms. The van der Waals surface area contributed by atoms with Crippen molar-refractivity contribution in [2.45, 2.75) is 31.7 Å². The quantitative estimate of drug-likeness (QED) is 0.894. The minimum Gasteiger partial charge on any atom is -0.367 e. The fraction of sp³-hybridized carbons (Fsp3) is 0.600.